The molecule has 1 aromatic heterocycles. The highest BCUT2D eigenvalue weighted by atomic mass is 32.1. The number of rotatable bonds is 1. The van der Waals surface area contributed by atoms with E-state index < -0.39 is 12.2 Å². The predicted molar refractivity (Wildman–Crippen MR) is 42.0 cm³/mol. The van der Waals surface area contributed by atoms with E-state index in [0.29, 0.717) is 5.56 Å². The molecule has 0 saturated carbocycles. The summed E-state index contributed by atoms with van der Waals surface area (Å²) in [4.78, 5) is 0.197. The average Bonchev–Trinajstić information content (AvgIpc) is 2.31. The van der Waals surface area contributed by atoms with E-state index in [1.807, 2.05) is 0 Å². The van der Waals surface area contributed by atoms with E-state index in [2.05, 4.69) is 0 Å². The third kappa shape index (κ3) is 1.78. The highest BCUT2D eigenvalue weighted by Crippen LogP contribution is 2.34. The van der Waals surface area contributed by atoms with Crippen LogP contribution in [0.15, 0.2) is 11.4 Å². The van der Waals surface area contributed by atoms with Gasteiger partial charge in [-0.2, -0.15) is 13.2 Å². The van der Waals surface area contributed by atoms with E-state index in [1.165, 1.54) is 0 Å². The molecule has 0 aliphatic carbocycles. The average molecular weight is 195 g/mol. The predicted octanol–water partition coefficient (Wildman–Crippen LogP) is 2.62. The highest BCUT2D eigenvalue weighted by Gasteiger charge is 2.39. The topological polar surface area (TPSA) is 26.0 Å². The lowest BCUT2D eigenvalue weighted by atomic mass is 10.2. The summed E-state index contributed by atoms with van der Waals surface area (Å²) in [6.07, 6.45) is -4.34. The summed E-state index contributed by atoms with van der Waals surface area (Å²) >= 11 is 1.04. The van der Waals surface area contributed by atoms with Crippen LogP contribution in [0.25, 0.3) is 0 Å². The molecule has 1 aromatic rings. The normalized spacial score (nSPS) is 14.8. The van der Waals surface area contributed by atoms with Crippen LogP contribution in [-0.2, 0) is 0 Å². The van der Waals surface area contributed by atoms with Crippen molar-refractivity contribution in [1.29, 1.82) is 0 Å². The van der Waals surface area contributed by atoms with Crippen molar-refractivity contribution in [2.45, 2.75) is 19.1 Å². The zero-order valence-electron chi connectivity index (χ0n) is 6.35. The molecule has 2 N–H and O–H groups in total. The largest absolute Gasteiger partial charge is 0.408 e. The summed E-state index contributed by atoms with van der Waals surface area (Å²) in [5, 5.41) is 1.61. The van der Waals surface area contributed by atoms with E-state index in [-0.39, 0.29) is 4.88 Å². The van der Waals surface area contributed by atoms with E-state index in [4.69, 9.17) is 5.73 Å². The van der Waals surface area contributed by atoms with Gasteiger partial charge in [0.2, 0.25) is 0 Å². The minimum absolute atomic E-state index is 0.197. The summed E-state index contributed by atoms with van der Waals surface area (Å²) in [5.41, 5.74) is 5.60. The van der Waals surface area contributed by atoms with Crippen LogP contribution in [0.5, 0.6) is 0 Å². The van der Waals surface area contributed by atoms with Crippen LogP contribution in [0.1, 0.15) is 16.5 Å². The van der Waals surface area contributed by atoms with Crippen LogP contribution in [-0.4, -0.2) is 6.18 Å². The van der Waals surface area contributed by atoms with Gasteiger partial charge >= 0.3 is 6.18 Å². The Hall–Kier alpha value is -0.550. The SMILES string of the molecule is Cc1ccsc1[C@H](N)C(F)(F)F. The van der Waals surface area contributed by atoms with Crippen molar-refractivity contribution >= 4 is 11.3 Å². The lowest BCUT2D eigenvalue weighted by Crippen LogP contribution is -2.28. The molecule has 0 spiro atoms. The van der Waals surface area contributed by atoms with E-state index in [1.54, 1.807) is 18.4 Å². The Balaban J connectivity index is 2.92. The summed E-state index contributed by atoms with van der Waals surface area (Å²) in [5.74, 6) is 0. The van der Waals surface area contributed by atoms with Crippen LogP contribution in [0.2, 0.25) is 0 Å². The van der Waals surface area contributed by atoms with Gasteiger partial charge in [-0.1, -0.05) is 0 Å². The highest BCUT2D eigenvalue weighted by molar-refractivity contribution is 7.10. The second-order valence-corrected chi connectivity index (χ2v) is 3.43. The number of hydrogen-bond donors (Lipinski definition) is 1. The number of thiophene rings is 1. The first kappa shape index (κ1) is 9.54. The summed E-state index contributed by atoms with van der Waals surface area (Å²) in [6.45, 7) is 1.62. The molecule has 5 heteroatoms. The van der Waals surface area contributed by atoms with Gasteiger partial charge in [-0.15, -0.1) is 11.3 Å². The Kier molecular flexibility index (Phi) is 2.44. The van der Waals surface area contributed by atoms with Crippen molar-refractivity contribution in [1.82, 2.24) is 0 Å². The molecule has 0 amide bonds. The van der Waals surface area contributed by atoms with Crippen LogP contribution in [0.4, 0.5) is 13.2 Å². The smallest absolute Gasteiger partial charge is 0.316 e. The molecule has 1 nitrogen and oxygen atoms in total. The van der Waals surface area contributed by atoms with Crippen LogP contribution < -0.4 is 5.73 Å². The number of nitrogens with two attached hydrogens (primary N) is 1. The first-order chi connectivity index (χ1) is 5.43. The van der Waals surface area contributed by atoms with Gasteiger partial charge in [-0.05, 0) is 23.9 Å². The molecule has 68 valence electrons. The van der Waals surface area contributed by atoms with Crippen molar-refractivity contribution in [2.75, 3.05) is 0 Å². The minimum atomic E-state index is -4.34. The Bertz CT molecular complexity index is 266. The minimum Gasteiger partial charge on any atom is -0.316 e. The number of alkyl halides is 3. The maximum absolute atomic E-state index is 12.1. The Morgan fingerprint density at radius 3 is 2.42 bits per heavy atom. The number of aryl methyl sites for hydroxylation is 1. The van der Waals surface area contributed by atoms with E-state index in [9.17, 15) is 13.2 Å². The molecule has 1 heterocycles. The molecule has 0 aliphatic rings. The molecule has 12 heavy (non-hydrogen) atoms. The van der Waals surface area contributed by atoms with E-state index >= 15 is 0 Å². The van der Waals surface area contributed by atoms with Crippen molar-refractivity contribution in [3.8, 4) is 0 Å². The summed E-state index contributed by atoms with van der Waals surface area (Å²) < 4.78 is 36.2. The van der Waals surface area contributed by atoms with Crippen molar-refractivity contribution in [2.24, 2.45) is 5.73 Å². The molecule has 0 aromatic carbocycles. The molecule has 1 atom stereocenters. The molecule has 0 saturated heterocycles. The fourth-order valence-corrected chi connectivity index (χ4v) is 1.80. The zero-order valence-corrected chi connectivity index (χ0v) is 7.17. The molecular formula is C7H8F3NS. The van der Waals surface area contributed by atoms with Gasteiger partial charge in [0.1, 0.15) is 6.04 Å². The summed E-state index contributed by atoms with van der Waals surface area (Å²) in [6, 6.07) is -0.205. The third-order valence-corrected chi connectivity index (χ3v) is 2.64. The van der Waals surface area contributed by atoms with Crippen molar-refractivity contribution < 1.29 is 13.2 Å². The summed E-state index contributed by atoms with van der Waals surface area (Å²) in [7, 11) is 0. The number of hydrogen-bond acceptors (Lipinski definition) is 2. The van der Waals surface area contributed by atoms with Gasteiger partial charge in [0.25, 0.3) is 0 Å². The van der Waals surface area contributed by atoms with Gasteiger partial charge in [-0.3, -0.25) is 0 Å². The molecule has 1 rings (SSSR count). The second kappa shape index (κ2) is 3.06. The molecular weight excluding hydrogens is 187 g/mol. The molecule has 0 bridgehead atoms. The Labute approximate surface area is 72.0 Å². The van der Waals surface area contributed by atoms with Gasteiger partial charge < -0.3 is 5.73 Å². The van der Waals surface area contributed by atoms with Gasteiger partial charge in [0.15, 0.2) is 0 Å². The third-order valence-electron chi connectivity index (χ3n) is 1.54. The zero-order chi connectivity index (χ0) is 9.35. The number of halogens is 3. The van der Waals surface area contributed by atoms with Crippen LogP contribution >= 0.6 is 11.3 Å². The van der Waals surface area contributed by atoms with Gasteiger partial charge in [-0.25, -0.2) is 0 Å². The fourth-order valence-electron chi connectivity index (χ4n) is 0.852. The maximum Gasteiger partial charge on any atom is 0.408 e. The molecule has 0 fully saturated rings. The Morgan fingerprint density at radius 2 is 2.08 bits per heavy atom. The monoisotopic (exact) mass is 195 g/mol. The van der Waals surface area contributed by atoms with Gasteiger partial charge in [0.05, 0.1) is 0 Å². The molecule has 0 aliphatic heterocycles. The second-order valence-electron chi connectivity index (χ2n) is 2.49. The first-order valence-corrected chi connectivity index (χ1v) is 4.17. The van der Waals surface area contributed by atoms with E-state index in [0.717, 1.165) is 11.3 Å². The fraction of sp³-hybridized carbons (Fsp3) is 0.429. The van der Waals surface area contributed by atoms with Crippen molar-refractivity contribution in [3.63, 3.8) is 0 Å². The molecule has 0 radical (unpaired) electrons. The Morgan fingerprint density at radius 1 is 1.50 bits per heavy atom. The lowest BCUT2D eigenvalue weighted by molar-refractivity contribution is -0.148. The van der Waals surface area contributed by atoms with Crippen LogP contribution in [0, 0.1) is 6.92 Å². The molecule has 0 unspecified atom stereocenters. The van der Waals surface area contributed by atoms with Gasteiger partial charge in [0, 0.05) is 4.88 Å². The standard InChI is InChI=1S/C7H8F3NS/c1-4-2-3-12-5(4)6(11)7(8,9)10/h2-3,6H,11H2,1H3/t6-/m0/s1. The lowest BCUT2D eigenvalue weighted by Gasteiger charge is -2.14. The quantitative estimate of drug-likeness (QED) is 0.732. The van der Waals surface area contributed by atoms with Crippen LogP contribution in [0.3, 0.4) is 0 Å². The first-order valence-electron chi connectivity index (χ1n) is 3.29. The maximum atomic E-state index is 12.1. The van der Waals surface area contributed by atoms with Crippen molar-refractivity contribution in [3.05, 3.63) is 21.9 Å².